The minimum absolute atomic E-state index is 0.367. The molecule has 1 saturated carbocycles. The van der Waals surface area contributed by atoms with Crippen LogP contribution in [0.15, 0.2) is 0 Å². The van der Waals surface area contributed by atoms with Gasteiger partial charge in [-0.25, -0.2) is 13.1 Å². The molecule has 15 heavy (non-hydrogen) atoms. The van der Waals surface area contributed by atoms with E-state index in [0.717, 1.165) is 5.92 Å². The Bertz CT molecular complexity index is 286. The van der Waals surface area contributed by atoms with Crippen molar-refractivity contribution in [3.63, 3.8) is 0 Å². The van der Waals surface area contributed by atoms with Crippen molar-refractivity contribution >= 4 is 10.0 Å². The Morgan fingerprint density at radius 2 is 1.87 bits per heavy atom. The van der Waals surface area contributed by atoms with Gasteiger partial charge in [-0.2, -0.15) is 0 Å². The highest BCUT2D eigenvalue weighted by Gasteiger charge is 2.29. The Labute approximate surface area is 92.9 Å². The van der Waals surface area contributed by atoms with Crippen LogP contribution < -0.4 is 10.0 Å². The summed E-state index contributed by atoms with van der Waals surface area (Å²) in [6.07, 6.45) is 2.52. The number of hydrogen-bond acceptors (Lipinski definition) is 3. The van der Waals surface area contributed by atoms with Gasteiger partial charge in [0, 0.05) is 13.1 Å². The highest BCUT2D eigenvalue weighted by molar-refractivity contribution is 7.90. The smallest absolute Gasteiger partial charge is 0.215 e. The van der Waals surface area contributed by atoms with E-state index in [-0.39, 0.29) is 5.25 Å². The van der Waals surface area contributed by atoms with Crippen LogP contribution >= 0.6 is 0 Å². The fourth-order valence-electron chi connectivity index (χ4n) is 1.62. The van der Waals surface area contributed by atoms with Crippen LogP contribution in [-0.2, 0) is 10.0 Å². The monoisotopic (exact) mass is 234 g/mol. The maximum atomic E-state index is 11.7. The van der Waals surface area contributed by atoms with E-state index in [0.29, 0.717) is 19.0 Å². The lowest BCUT2D eigenvalue weighted by Gasteiger charge is -2.16. The van der Waals surface area contributed by atoms with Crippen molar-refractivity contribution in [2.45, 2.75) is 31.9 Å². The van der Waals surface area contributed by atoms with Crippen molar-refractivity contribution in [3.05, 3.63) is 0 Å². The van der Waals surface area contributed by atoms with Crippen molar-refractivity contribution < 1.29 is 8.42 Å². The van der Waals surface area contributed by atoms with Gasteiger partial charge in [0.05, 0.1) is 5.25 Å². The third kappa shape index (κ3) is 4.09. The molecule has 2 unspecified atom stereocenters. The van der Waals surface area contributed by atoms with Crippen LogP contribution in [0.25, 0.3) is 0 Å². The number of hydrogen-bond donors (Lipinski definition) is 2. The van der Waals surface area contributed by atoms with Gasteiger partial charge in [-0.1, -0.05) is 6.92 Å². The highest BCUT2D eigenvalue weighted by atomic mass is 32.2. The fourth-order valence-corrected chi connectivity index (χ4v) is 2.78. The second-order valence-electron chi connectivity index (χ2n) is 4.58. The first-order valence-electron chi connectivity index (χ1n) is 5.60. The summed E-state index contributed by atoms with van der Waals surface area (Å²) in [6.45, 7) is 4.91. The summed E-state index contributed by atoms with van der Waals surface area (Å²) >= 11 is 0. The molecule has 4 nitrogen and oxygen atoms in total. The Morgan fingerprint density at radius 3 is 2.33 bits per heavy atom. The first-order valence-corrected chi connectivity index (χ1v) is 7.15. The number of rotatable bonds is 7. The fraction of sp³-hybridized carbons (Fsp3) is 1.00. The van der Waals surface area contributed by atoms with Gasteiger partial charge in [0.15, 0.2) is 0 Å². The molecule has 1 fully saturated rings. The normalized spacial score (nSPS) is 21.3. The van der Waals surface area contributed by atoms with Gasteiger partial charge in [0.1, 0.15) is 0 Å². The Hall–Kier alpha value is -0.130. The minimum atomic E-state index is -3.14. The van der Waals surface area contributed by atoms with E-state index in [1.54, 1.807) is 14.0 Å². The first kappa shape index (κ1) is 12.9. The zero-order valence-corrected chi connectivity index (χ0v) is 10.6. The molecule has 0 aliphatic heterocycles. The molecule has 1 aliphatic carbocycles. The summed E-state index contributed by atoms with van der Waals surface area (Å²) in [4.78, 5) is 0. The first-order chi connectivity index (χ1) is 6.97. The van der Waals surface area contributed by atoms with Crippen LogP contribution in [0, 0.1) is 11.8 Å². The molecule has 0 aromatic carbocycles. The van der Waals surface area contributed by atoms with Crippen molar-refractivity contribution in [2.75, 3.05) is 20.1 Å². The van der Waals surface area contributed by atoms with E-state index < -0.39 is 10.0 Å². The molecule has 2 N–H and O–H groups in total. The third-order valence-electron chi connectivity index (χ3n) is 3.05. The topological polar surface area (TPSA) is 58.2 Å². The van der Waals surface area contributed by atoms with Crippen LogP contribution in [0.1, 0.15) is 26.7 Å². The van der Waals surface area contributed by atoms with Gasteiger partial charge < -0.3 is 5.32 Å². The molecule has 0 aromatic rings. The molecule has 0 heterocycles. The zero-order valence-electron chi connectivity index (χ0n) is 9.79. The second kappa shape index (κ2) is 5.27. The van der Waals surface area contributed by atoms with Crippen LogP contribution in [0.3, 0.4) is 0 Å². The number of sulfonamides is 1. The van der Waals surface area contributed by atoms with Crippen molar-refractivity contribution in [1.29, 1.82) is 0 Å². The molecule has 1 rings (SSSR count). The predicted octanol–water partition coefficient (Wildman–Crippen LogP) is 0.560. The van der Waals surface area contributed by atoms with Crippen molar-refractivity contribution in [2.24, 2.45) is 11.8 Å². The maximum absolute atomic E-state index is 11.7. The van der Waals surface area contributed by atoms with E-state index in [9.17, 15) is 8.42 Å². The molecule has 5 heteroatoms. The molecule has 0 radical (unpaired) electrons. The molecule has 0 bridgehead atoms. The van der Waals surface area contributed by atoms with Crippen molar-refractivity contribution in [1.82, 2.24) is 10.0 Å². The lowest BCUT2D eigenvalue weighted by Crippen LogP contribution is -2.40. The summed E-state index contributed by atoms with van der Waals surface area (Å²) in [5, 5.41) is 2.51. The molecular formula is C10H22N2O2S. The Kier molecular flexibility index (Phi) is 4.55. The molecule has 0 amide bonds. The Balaban J connectivity index is 2.34. The SMILES string of the molecule is CNCC(C)S(=O)(=O)NCC(C)C1CC1. The molecular weight excluding hydrogens is 212 g/mol. The summed E-state index contributed by atoms with van der Waals surface area (Å²) in [5.41, 5.74) is 0. The van der Waals surface area contributed by atoms with E-state index >= 15 is 0 Å². The number of nitrogens with one attached hydrogen (secondary N) is 2. The molecule has 90 valence electrons. The van der Waals surface area contributed by atoms with Gasteiger partial charge in [0.25, 0.3) is 0 Å². The van der Waals surface area contributed by atoms with Crippen LogP contribution in [0.5, 0.6) is 0 Å². The highest BCUT2D eigenvalue weighted by Crippen LogP contribution is 2.36. The van der Waals surface area contributed by atoms with Crippen molar-refractivity contribution in [3.8, 4) is 0 Å². The van der Waals surface area contributed by atoms with E-state index in [4.69, 9.17) is 0 Å². The van der Waals surface area contributed by atoms with E-state index in [2.05, 4.69) is 17.0 Å². The lowest BCUT2D eigenvalue weighted by molar-refractivity contribution is 0.488. The van der Waals surface area contributed by atoms with Gasteiger partial charge in [-0.3, -0.25) is 0 Å². The molecule has 2 atom stereocenters. The third-order valence-corrected chi connectivity index (χ3v) is 4.85. The predicted molar refractivity (Wildman–Crippen MR) is 62.2 cm³/mol. The summed E-state index contributed by atoms with van der Waals surface area (Å²) in [5.74, 6) is 1.22. The van der Waals surface area contributed by atoms with Gasteiger partial charge in [-0.15, -0.1) is 0 Å². The van der Waals surface area contributed by atoms with Crippen LogP contribution in [0.4, 0.5) is 0 Å². The molecule has 0 spiro atoms. The van der Waals surface area contributed by atoms with Crippen LogP contribution in [-0.4, -0.2) is 33.8 Å². The van der Waals surface area contributed by atoms with E-state index in [1.807, 2.05) is 0 Å². The van der Waals surface area contributed by atoms with E-state index in [1.165, 1.54) is 12.8 Å². The summed E-state index contributed by atoms with van der Waals surface area (Å²) < 4.78 is 26.1. The maximum Gasteiger partial charge on any atom is 0.215 e. The lowest BCUT2D eigenvalue weighted by atomic mass is 10.1. The zero-order chi connectivity index (χ0) is 11.5. The minimum Gasteiger partial charge on any atom is -0.318 e. The molecule has 1 aliphatic rings. The van der Waals surface area contributed by atoms with Gasteiger partial charge in [0.2, 0.25) is 10.0 Å². The average Bonchev–Trinajstić information content (AvgIpc) is 2.98. The quantitative estimate of drug-likeness (QED) is 0.677. The average molecular weight is 234 g/mol. The van der Waals surface area contributed by atoms with Gasteiger partial charge in [-0.05, 0) is 38.6 Å². The van der Waals surface area contributed by atoms with Crippen LogP contribution in [0.2, 0.25) is 0 Å². The molecule has 0 saturated heterocycles. The van der Waals surface area contributed by atoms with Gasteiger partial charge >= 0.3 is 0 Å². The largest absolute Gasteiger partial charge is 0.318 e. The summed E-state index contributed by atoms with van der Waals surface area (Å²) in [6, 6.07) is 0. The molecule has 0 aromatic heterocycles. The summed E-state index contributed by atoms with van der Waals surface area (Å²) in [7, 11) is -1.37. The standard InChI is InChI=1S/C10H22N2O2S/c1-8(10-4-5-10)6-12-15(13,14)9(2)7-11-3/h8-12H,4-7H2,1-3H3. The second-order valence-corrected chi connectivity index (χ2v) is 6.76. The Morgan fingerprint density at radius 1 is 1.27 bits per heavy atom.